The fourth-order valence-corrected chi connectivity index (χ4v) is 1.93. The third kappa shape index (κ3) is 5.81. The van der Waals surface area contributed by atoms with Crippen LogP contribution in [-0.2, 0) is 6.61 Å². The van der Waals surface area contributed by atoms with Crippen molar-refractivity contribution in [1.82, 2.24) is 10.7 Å². The van der Waals surface area contributed by atoms with E-state index < -0.39 is 0 Å². The number of hydrazone groups is 1. The molecule has 2 aromatic rings. The number of thiocarbonyl (C=S) groups is 1. The lowest BCUT2D eigenvalue weighted by molar-refractivity contribution is 0.300. The summed E-state index contributed by atoms with van der Waals surface area (Å²) >= 11 is 5.01. The number of nitrogens with one attached hydrogen (secondary N) is 2. The lowest BCUT2D eigenvalue weighted by Crippen LogP contribution is -2.31. The van der Waals surface area contributed by atoms with Gasteiger partial charge in [-0.25, -0.2) is 4.39 Å². The van der Waals surface area contributed by atoms with Crippen molar-refractivity contribution in [2.75, 3.05) is 6.54 Å². The third-order valence-electron chi connectivity index (χ3n) is 3.02. The van der Waals surface area contributed by atoms with E-state index in [0.29, 0.717) is 23.0 Å². The summed E-state index contributed by atoms with van der Waals surface area (Å²) in [5.41, 5.74) is 4.11. The van der Waals surface area contributed by atoms with Crippen molar-refractivity contribution in [3.8, 4) is 5.75 Å². The second kappa shape index (κ2) is 9.42. The quantitative estimate of drug-likeness (QED) is 0.350. The van der Waals surface area contributed by atoms with Gasteiger partial charge in [-0.3, -0.25) is 5.43 Å². The van der Waals surface area contributed by atoms with Crippen LogP contribution in [0.25, 0.3) is 0 Å². The van der Waals surface area contributed by atoms with Crippen LogP contribution in [0.3, 0.4) is 0 Å². The number of ether oxygens (including phenoxy) is 1. The van der Waals surface area contributed by atoms with Gasteiger partial charge in [0.15, 0.2) is 5.11 Å². The highest BCUT2D eigenvalue weighted by Gasteiger charge is 2.01. The molecule has 0 saturated carbocycles. The van der Waals surface area contributed by atoms with Gasteiger partial charge in [-0.05, 0) is 48.1 Å². The Hall–Kier alpha value is -2.73. The van der Waals surface area contributed by atoms with E-state index in [4.69, 9.17) is 17.0 Å². The third-order valence-corrected chi connectivity index (χ3v) is 3.25. The van der Waals surface area contributed by atoms with Gasteiger partial charge >= 0.3 is 0 Å². The van der Waals surface area contributed by atoms with Gasteiger partial charge in [-0.1, -0.05) is 24.3 Å². The van der Waals surface area contributed by atoms with Gasteiger partial charge in [0.2, 0.25) is 0 Å². The van der Waals surface area contributed by atoms with Crippen LogP contribution >= 0.6 is 12.2 Å². The molecule has 0 fully saturated rings. The van der Waals surface area contributed by atoms with Crippen molar-refractivity contribution in [3.63, 3.8) is 0 Å². The van der Waals surface area contributed by atoms with E-state index >= 15 is 0 Å². The molecule has 0 aliphatic rings. The highest BCUT2D eigenvalue weighted by Crippen LogP contribution is 2.15. The molecule has 124 valence electrons. The summed E-state index contributed by atoms with van der Waals surface area (Å²) < 4.78 is 19.1. The van der Waals surface area contributed by atoms with Crippen LogP contribution in [0.4, 0.5) is 4.39 Å². The second-order valence-corrected chi connectivity index (χ2v) is 5.23. The summed E-state index contributed by atoms with van der Waals surface area (Å²) in [6, 6.07) is 13.9. The van der Waals surface area contributed by atoms with E-state index in [-0.39, 0.29) is 12.4 Å². The van der Waals surface area contributed by atoms with Gasteiger partial charge in [-0.2, -0.15) is 5.10 Å². The molecule has 4 nitrogen and oxygen atoms in total. The van der Waals surface area contributed by atoms with Crippen LogP contribution in [0.5, 0.6) is 5.75 Å². The summed E-state index contributed by atoms with van der Waals surface area (Å²) in [6.07, 6.45) is 3.35. The minimum atomic E-state index is -0.270. The Labute approximate surface area is 146 Å². The maximum Gasteiger partial charge on any atom is 0.187 e. The molecule has 0 amide bonds. The second-order valence-electron chi connectivity index (χ2n) is 4.82. The molecule has 24 heavy (non-hydrogen) atoms. The topological polar surface area (TPSA) is 45.7 Å². The summed E-state index contributed by atoms with van der Waals surface area (Å²) in [4.78, 5) is 0. The van der Waals surface area contributed by atoms with Crippen molar-refractivity contribution >= 4 is 23.5 Å². The maximum atomic E-state index is 13.5. The molecule has 0 atom stereocenters. The first-order chi connectivity index (χ1) is 11.7. The molecule has 0 aliphatic carbocycles. The molecule has 0 aliphatic heterocycles. The number of nitrogens with zero attached hydrogens (tertiary/aromatic N) is 1. The van der Waals surface area contributed by atoms with Crippen LogP contribution in [0.2, 0.25) is 0 Å². The van der Waals surface area contributed by atoms with Gasteiger partial charge in [0.1, 0.15) is 18.2 Å². The number of rotatable bonds is 7. The van der Waals surface area contributed by atoms with Crippen molar-refractivity contribution in [2.24, 2.45) is 5.10 Å². The van der Waals surface area contributed by atoms with E-state index in [1.165, 1.54) is 6.07 Å². The molecule has 2 aromatic carbocycles. The Bertz CT molecular complexity index is 716. The van der Waals surface area contributed by atoms with Gasteiger partial charge < -0.3 is 10.1 Å². The molecular weight excluding hydrogens is 325 g/mol. The Morgan fingerprint density at radius 2 is 1.96 bits per heavy atom. The zero-order valence-corrected chi connectivity index (χ0v) is 13.9. The largest absolute Gasteiger partial charge is 0.489 e. The zero-order chi connectivity index (χ0) is 17.2. The number of halogens is 1. The predicted octanol–water partition coefficient (Wildman–Crippen LogP) is 3.39. The summed E-state index contributed by atoms with van der Waals surface area (Å²) in [5.74, 6) is 0.389. The highest BCUT2D eigenvalue weighted by molar-refractivity contribution is 7.80. The molecule has 0 saturated heterocycles. The lowest BCUT2D eigenvalue weighted by atomic mass is 10.2. The first kappa shape index (κ1) is 17.6. The van der Waals surface area contributed by atoms with Crippen molar-refractivity contribution in [2.45, 2.75) is 6.61 Å². The van der Waals surface area contributed by atoms with E-state index in [1.807, 2.05) is 12.1 Å². The standard InChI is InChI=1S/C18H18FN3OS/c1-2-11-20-18(24)22-21-12-14-7-9-16(10-8-14)23-13-15-5-3-4-6-17(15)19/h2-10,12H,1,11,13H2,(H2,20,22,24). The highest BCUT2D eigenvalue weighted by atomic mass is 32.1. The van der Waals surface area contributed by atoms with Gasteiger partial charge in [0, 0.05) is 12.1 Å². The molecule has 6 heteroatoms. The molecule has 2 N–H and O–H groups in total. The first-order valence-corrected chi connectivity index (χ1v) is 7.74. The van der Waals surface area contributed by atoms with E-state index in [2.05, 4.69) is 22.4 Å². The van der Waals surface area contributed by atoms with Crippen molar-refractivity contribution in [1.29, 1.82) is 0 Å². The fraction of sp³-hybridized carbons (Fsp3) is 0.111. The minimum absolute atomic E-state index is 0.185. The maximum absolute atomic E-state index is 13.5. The zero-order valence-electron chi connectivity index (χ0n) is 13.0. The normalized spacial score (nSPS) is 10.4. The predicted molar refractivity (Wildman–Crippen MR) is 98.7 cm³/mol. The summed E-state index contributed by atoms with van der Waals surface area (Å²) in [6.45, 7) is 4.35. The average Bonchev–Trinajstić information content (AvgIpc) is 2.60. The monoisotopic (exact) mass is 343 g/mol. The summed E-state index contributed by atoms with van der Waals surface area (Å²) in [5, 5.41) is 7.36. The van der Waals surface area contributed by atoms with Crippen LogP contribution < -0.4 is 15.5 Å². The van der Waals surface area contributed by atoms with Crippen LogP contribution in [0.15, 0.2) is 66.3 Å². The fourth-order valence-electron chi connectivity index (χ4n) is 1.80. The van der Waals surface area contributed by atoms with E-state index in [0.717, 1.165) is 5.56 Å². The molecule has 0 unspecified atom stereocenters. The Kier molecular flexibility index (Phi) is 6.91. The molecule has 0 spiro atoms. The molecule has 0 heterocycles. The van der Waals surface area contributed by atoms with Gasteiger partial charge in [0.25, 0.3) is 0 Å². The van der Waals surface area contributed by atoms with Crippen LogP contribution in [0, 0.1) is 5.82 Å². The average molecular weight is 343 g/mol. The van der Waals surface area contributed by atoms with Gasteiger partial charge in [-0.15, -0.1) is 6.58 Å². The van der Waals surface area contributed by atoms with Crippen LogP contribution in [-0.4, -0.2) is 17.9 Å². The van der Waals surface area contributed by atoms with Gasteiger partial charge in [0.05, 0.1) is 6.21 Å². The smallest absolute Gasteiger partial charge is 0.187 e. The Balaban J connectivity index is 1.83. The molecule has 0 radical (unpaired) electrons. The molecule has 0 aromatic heterocycles. The lowest BCUT2D eigenvalue weighted by Gasteiger charge is -2.07. The van der Waals surface area contributed by atoms with Crippen molar-refractivity contribution < 1.29 is 9.13 Å². The van der Waals surface area contributed by atoms with Crippen molar-refractivity contribution in [3.05, 3.63) is 78.1 Å². The molecule has 2 rings (SSSR count). The number of benzene rings is 2. The molecular formula is C18H18FN3OS. The number of hydrogen-bond donors (Lipinski definition) is 2. The van der Waals surface area contributed by atoms with Crippen LogP contribution in [0.1, 0.15) is 11.1 Å². The van der Waals surface area contributed by atoms with E-state index in [1.54, 1.807) is 42.6 Å². The SMILES string of the molecule is C=CCNC(=S)NN=Cc1ccc(OCc2ccccc2F)cc1. The summed E-state index contributed by atoms with van der Waals surface area (Å²) in [7, 11) is 0. The minimum Gasteiger partial charge on any atom is -0.489 e. The Morgan fingerprint density at radius 1 is 1.21 bits per heavy atom. The number of hydrogen-bond acceptors (Lipinski definition) is 3. The molecule has 0 bridgehead atoms. The van der Waals surface area contributed by atoms with E-state index in [9.17, 15) is 4.39 Å². The first-order valence-electron chi connectivity index (χ1n) is 7.33. The Morgan fingerprint density at radius 3 is 2.67 bits per heavy atom.